The summed E-state index contributed by atoms with van der Waals surface area (Å²) >= 11 is 4.71. The number of benzene rings is 1. The standard InChI is InChI=1S/C15H15BrN2O3S/c1-20-12-4-2-11(3-5-12)9-22-10-15(19)18-17-8-13-6-7-14(16)21-13/h2-8H,9-10H2,1H3,(H,18,19)/b17-8-. The molecule has 1 aromatic carbocycles. The average molecular weight is 383 g/mol. The van der Waals surface area contributed by atoms with Crippen molar-refractivity contribution in [3.8, 4) is 5.75 Å². The number of thioether (sulfide) groups is 1. The van der Waals surface area contributed by atoms with Crippen LogP contribution in [0.3, 0.4) is 0 Å². The molecule has 116 valence electrons. The van der Waals surface area contributed by atoms with Crippen molar-refractivity contribution in [1.82, 2.24) is 5.43 Å². The molecular weight excluding hydrogens is 368 g/mol. The Balaban J connectivity index is 1.67. The van der Waals surface area contributed by atoms with Gasteiger partial charge in [0.2, 0.25) is 5.91 Å². The monoisotopic (exact) mass is 382 g/mol. The first-order valence-corrected chi connectivity index (χ1v) is 8.40. The first kappa shape index (κ1) is 16.6. The first-order valence-electron chi connectivity index (χ1n) is 6.45. The Hall–Kier alpha value is -1.73. The Bertz CT molecular complexity index is 640. The molecule has 2 aromatic rings. The van der Waals surface area contributed by atoms with E-state index < -0.39 is 0 Å². The minimum absolute atomic E-state index is 0.152. The van der Waals surface area contributed by atoms with Gasteiger partial charge in [0, 0.05) is 5.75 Å². The number of halogens is 1. The van der Waals surface area contributed by atoms with Crippen LogP contribution in [0.5, 0.6) is 5.75 Å². The molecule has 7 heteroatoms. The van der Waals surface area contributed by atoms with E-state index in [4.69, 9.17) is 9.15 Å². The van der Waals surface area contributed by atoms with Gasteiger partial charge in [0.25, 0.3) is 0 Å². The molecule has 0 aliphatic rings. The summed E-state index contributed by atoms with van der Waals surface area (Å²) in [5, 5.41) is 3.83. The lowest BCUT2D eigenvalue weighted by molar-refractivity contribution is -0.118. The van der Waals surface area contributed by atoms with Gasteiger partial charge in [-0.2, -0.15) is 5.10 Å². The van der Waals surface area contributed by atoms with E-state index in [1.54, 1.807) is 19.2 Å². The van der Waals surface area contributed by atoms with E-state index in [2.05, 4.69) is 26.5 Å². The highest BCUT2D eigenvalue weighted by Gasteiger charge is 2.01. The van der Waals surface area contributed by atoms with Crippen LogP contribution in [-0.4, -0.2) is 25.0 Å². The molecule has 0 spiro atoms. The molecule has 0 fully saturated rings. The van der Waals surface area contributed by atoms with Gasteiger partial charge >= 0.3 is 0 Å². The molecule has 0 atom stereocenters. The molecule has 0 saturated carbocycles. The van der Waals surface area contributed by atoms with Crippen LogP contribution in [0.15, 0.2) is 50.6 Å². The van der Waals surface area contributed by atoms with Gasteiger partial charge < -0.3 is 9.15 Å². The minimum atomic E-state index is -0.152. The van der Waals surface area contributed by atoms with E-state index in [1.165, 1.54) is 18.0 Å². The van der Waals surface area contributed by atoms with Crippen molar-refractivity contribution < 1.29 is 13.9 Å². The lowest BCUT2D eigenvalue weighted by Gasteiger charge is -2.03. The van der Waals surface area contributed by atoms with Crippen molar-refractivity contribution >= 4 is 39.8 Å². The lowest BCUT2D eigenvalue weighted by atomic mass is 10.2. The van der Waals surface area contributed by atoms with Crippen LogP contribution in [0, 0.1) is 0 Å². The Labute approximate surface area is 141 Å². The maximum Gasteiger partial charge on any atom is 0.250 e. The maximum atomic E-state index is 11.6. The Morgan fingerprint density at radius 1 is 1.36 bits per heavy atom. The Morgan fingerprint density at radius 2 is 2.14 bits per heavy atom. The third-order valence-electron chi connectivity index (χ3n) is 2.64. The zero-order chi connectivity index (χ0) is 15.8. The number of nitrogens with zero attached hydrogens (tertiary/aromatic N) is 1. The van der Waals surface area contributed by atoms with Crippen LogP contribution in [-0.2, 0) is 10.5 Å². The van der Waals surface area contributed by atoms with E-state index >= 15 is 0 Å². The minimum Gasteiger partial charge on any atom is -0.497 e. The molecule has 1 heterocycles. The average Bonchev–Trinajstić information content (AvgIpc) is 2.93. The van der Waals surface area contributed by atoms with Gasteiger partial charge in [0.05, 0.1) is 19.1 Å². The number of hydrazone groups is 1. The molecule has 5 nitrogen and oxygen atoms in total. The molecule has 0 aliphatic carbocycles. The summed E-state index contributed by atoms with van der Waals surface area (Å²) in [7, 11) is 1.63. The van der Waals surface area contributed by atoms with Gasteiger partial charge in [-0.15, -0.1) is 11.8 Å². The van der Waals surface area contributed by atoms with Gasteiger partial charge in [-0.05, 0) is 45.8 Å². The second-order valence-corrected chi connectivity index (χ2v) is 6.04. The summed E-state index contributed by atoms with van der Waals surface area (Å²) in [5.74, 6) is 2.33. The molecule has 1 amide bonds. The number of nitrogens with one attached hydrogen (secondary N) is 1. The number of hydrogen-bond donors (Lipinski definition) is 1. The number of rotatable bonds is 7. The fourth-order valence-electron chi connectivity index (χ4n) is 1.58. The molecule has 0 aliphatic heterocycles. The Morgan fingerprint density at radius 3 is 2.77 bits per heavy atom. The number of ether oxygens (including phenoxy) is 1. The van der Waals surface area contributed by atoms with Crippen molar-refractivity contribution in [2.45, 2.75) is 5.75 Å². The highest BCUT2D eigenvalue weighted by Crippen LogP contribution is 2.16. The zero-order valence-electron chi connectivity index (χ0n) is 11.9. The largest absolute Gasteiger partial charge is 0.497 e. The first-order chi connectivity index (χ1) is 10.7. The van der Waals surface area contributed by atoms with E-state index in [9.17, 15) is 4.79 Å². The van der Waals surface area contributed by atoms with E-state index in [0.29, 0.717) is 16.2 Å². The van der Waals surface area contributed by atoms with Crippen molar-refractivity contribution in [2.75, 3.05) is 12.9 Å². The van der Waals surface area contributed by atoms with Crippen LogP contribution in [0.1, 0.15) is 11.3 Å². The normalized spacial score (nSPS) is 10.8. The molecular formula is C15H15BrN2O3S. The van der Waals surface area contributed by atoms with Crippen molar-refractivity contribution in [2.24, 2.45) is 5.10 Å². The summed E-state index contributed by atoms with van der Waals surface area (Å²) in [5.41, 5.74) is 3.60. The van der Waals surface area contributed by atoms with Gasteiger partial charge in [-0.1, -0.05) is 12.1 Å². The second-order valence-electron chi connectivity index (χ2n) is 4.28. The summed E-state index contributed by atoms with van der Waals surface area (Å²) in [6, 6.07) is 11.3. The number of hydrogen-bond acceptors (Lipinski definition) is 5. The van der Waals surface area contributed by atoms with Gasteiger partial charge in [-0.25, -0.2) is 5.43 Å². The molecule has 0 radical (unpaired) electrons. The van der Waals surface area contributed by atoms with Crippen LogP contribution >= 0.6 is 27.7 Å². The number of carbonyl (C=O) groups is 1. The van der Waals surface area contributed by atoms with Crippen LogP contribution < -0.4 is 10.2 Å². The fraction of sp³-hybridized carbons (Fsp3) is 0.200. The molecule has 0 bridgehead atoms. The van der Waals surface area contributed by atoms with Crippen LogP contribution in [0.4, 0.5) is 0 Å². The molecule has 0 saturated heterocycles. The van der Waals surface area contributed by atoms with Gasteiger partial charge in [0.1, 0.15) is 11.5 Å². The van der Waals surface area contributed by atoms with Gasteiger partial charge in [0.15, 0.2) is 4.67 Å². The summed E-state index contributed by atoms with van der Waals surface area (Å²) in [6.07, 6.45) is 1.46. The number of carbonyl (C=O) groups excluding carboxylic acids is 1. The smallest absolute Gasteiger partial charge is 0.250 e. The maximum absolute atomic E-state index is 11.6. The Kier molecular flexibility index (Phi) is 6.54. The van der Waals surface area contributed by atoms with E-state index in [0.717, 1.165) is 17.1 Å². The molecule has 0 unspecified atom stereocenters. The summed E-state index contributed by atoms with van der Waals surface area (Å²) < 4.78 is 10.9. The van der Waals surface area contributed by atoms with Crippen LogP contribution in [0.25, 0.3) is 0 Å². The predicted molar refractivity (Wildman–Crippen MR) is 91.3 cm³/mol. The topological polar surface area (TPSA) is 63.8 Å². The van der Waals surface area contributed by atoms with Gasteiger partial charge in [-0.3, -0.25) is 4.79 Å². The SMILES string of the molecule is COc1ccc(CSCC(=O)N/N=C\c2ccc(Br)o2)cc1. The quantitative estimate of drug-likeness (QED) is 0.588. The van der Waals surface area contributed by atoms with Crippen molar-refractivity contribution in [3.05, 3.63) is 52.4 Å². The molecule has 1 N–H and O–H groups in total. The number of methoxy groups -OCH3 is 1. The lowest BCUT2D eigenvalue weighted by Crippen LogP contribution is -2.19. The second kappa shape index (κ2) is 8.65. The number of furan rings is 1. The highest BCUT2D eigenvalue weighted by atomic mass is 79.9. The summed E-state index contributed by atoms with van der Waals surface area (Å²) in [6.45, 7) is 0. The van der Waals surface area contributed by atoms with E-state index in [1.807, 2.05) is 24.3 Å². The van der Waals surface area contributed by atoms with Crippen molar-refractivity contribution in [3.63, 3.8) is 0 Å². The summed E-state index contributed by atoms with van der Waals surface area (Å²) in [4.78, 5) is 11.6. The third kappa shape index (κ3) is 5.57. The molecule has 1 aromatic heterocycles. The van der Waals surface area contributed by atoms with Crippen LogP contribution in [0.2, 0.25) is 0 Å². The molecule has 2 rings (SSSR count). The molecule has 22 heavy (non-hydrogen) atoms. The zero-order valence-corrected chi connectivity index (χ0v) is 14.3. The predicted octanol–water partition coefficient (Wildman–Crippen LogP) is 3.43. The van der Waals surface area contributed by atoms with E-state index in [-0.39, 0.29) is 5.91 Å². The third-order valence-corrected chi connectivity index (χ3v) is 4.07. The number of amides is 1. The van der Waals surface area contributed by atoms with Crippen molar-refractivity contribution in [1.29, 1.82) is 0 Å². The highest BCUT2D eigenvalue weighted by molar-refractivity contribution is 9.10. The fourth-order valence-corrected chi connectivity index (χ4v) is 2.68.